The van der Waals surface area contributed by atoms with Crippen LogP contribution in [0.4, 0.5) is 4.79 Å². The first kappa shape index (κ1) is 26.8. The molecule has 1 aliphatic rings. The molecular formula is C27H40N4O3Si. The lowest BCUT2D eigenvalue weighted by atomic mass is 10.1. The van der Waals surface area contributed by atoms with Crippen molar-refractivity contribution in [2.45, 2.75) is 103 Å². The van der Waals surface area contributed by atoms with Crippen molar-refractivity contribution in [3.63, 3.8) is 0 Å². The number of aromatic nitrogens is 2. The molecule has 2 heterocycles. The highest BCUT2D eigenvalue weighted by Crippen LogP contribution is 2.46. The summed E-state index contributed by atoms with van der Waals surface area (Å²) in [5, 5.41) is 3.77. The van der Waals surface area contributed by atoms with Crippen molar-refractivity contribution in [1.82, 2.24) is 15.3 Å². The zero-order valence-corrected chi connectivity index (χ0v) is 23.6. The first-order chi connectivity index (χ1) is 16.1. The van der Waals surface area contributed by atoms with Gasteiger partial charge in [0.15, 0.2) is 0 Å². The monoisotopic (exact) mass is 496 g/mol. The second-order valence-corrected chi connectivity index (χ2v) is 17.3. The highest BCUT2D eigenvalue weighted by atomic mass is 28.3. The zero-order valence-electron chi connectivity index (χ0n) is 22.6. The van der Waals surface area contributed by atoms with E-state index >= 15 is 0 Å². The van der Waals surface area contributed by atoms with Gasteiger partial charge in [-0.3, -0.25) is 4.79 Å². The molecule has 0 aromatic carbocycles. The summed E-state index contributed by atoms with van der Waals surface area (Å²) >= 11 is 0. The summed E-state index contributed by atoms with van der Waals surface area (Å²) in [5.74, 6) is 2.87. The number of hydrogen-bond donors (Lipinski definition) is 3. The number of amides is 2. The lowest BCUT2D eigenvalue weighted by Gasteiger charge is -2.38. The van der Waals surface area contributed by atoms with Crippen LogP contribution in [0.15, 0.2) is 12.3 Å². The molecule has 190 valence electrons. The lowest BCUT2D eigenvalue weighted by molar-refractivity contribution is 0.0493. The van der Waals surface area contributed by atoms with Gasteiger partial charge < -0.3 is 20.8 Å². The Hall–Kier alpha value is -2.79. The Balaban J connectivity index is 2.12. The third-order valence-electron chi connectivity index (χ3n) is 7.20. The zero-order chi connectivity index (χ0) is 26.3. The number of carbonyl (C=O) groups excluding carboxylic acids is 2. The van der Waals surface area contributed by atoms with Crippen molar-refractivity contribution in [2.75, 3.05) is 0 Å². The van der Waals surface area contributed by atoms with Crippen LogP contribution >= 0.6 is 0 Å². The maximum atomic E-state index is 12.5. The lowest BCUT2D eigenvalue weighted by Crippen LogP contribution is -2.43. The maximum absolute atomic E-state index is 12.5. The van der Waals surface area contributed by atoms with Gasteiger partial charge in [-0.05, 0) is 56.3 Å². The highest BCUT2D eigenvalue weighted by Gasteiger charge is 2.48. The number of alkyl carbamates (subject to hydrolysis) is 1. The van der Waals surface area contributed by atoms with Gasteiger partial charge in [0.2, 0.25) is 0 Å². The van der Waals surface area contributed by atoms with E-state index in [9.17, 15) is 9.59 Å². The van der Waals surface area contributed by atoms with E-state index in [1.165, 1.54) is 6.20 Å². The van der Waals surface area contributed by atoms with Gasteiger partial charge in [0.25, 0.3) is 5.91 Å². The molecule has 0 saturated heterocycles. The summed E-state index contributed by atoms with van der Waals surface area (Å²) in [6.45, 7) is 19.0. The summed E-state index contributed by atoms with van der Waals surface area (Å²) in [6.07, 6.45) is 2.61. The molecule has 0 radical (unpaired) electrons. The fourth-order valence-electron chi connectivity index (χ4n) is 5.34. The number of pyridine rings is 1. The second-order valence-electron chi connectivity index (χ2n) is 11.7. The molecule has 2 aromatic heterocycles. The Morgan fingerprint density at radius 3 is 2.17 bits per heavy atom. The van der Waals surface area contributed by atoms with Crippen LogP contribution < -0.4 is 11.1 Å². The van der Waals surface area contributed by atoms with Crippen molar-refractivity contribution in [2.24, 2.45) is 5.73 Å². The van der Waals surface area contributed by atoms with E-state index in [0.717, 1.165) is 23.9 Å². The van der Waals surface area contributed by atoms with Crippen LogP contribution in [0, 0.1) is 11.5 Å². The second kappa shape index (κ2) is 9.34. The molecule has 0 atom stereocenters. The number of nitrogens with two attached hydrogens (primary N) is 1. The molecule has 3 rings (SSSR count). The maximum Gasteiger partial charge on any atom is 0.408 e. The normalized spacial score (nSPS) is 15.3. The van der Waals surface area contributed by atoms with Gasteiger partial charge in [-0.15, -0.1) is 5.54 Å². The molecule has 8 heteroatoms. The number of nitrogens with zero attached hydrogens (tertiary/aromatic N) is 1. The Labute approximate surface area is 210 Å². The quantitative estimate of drug-likeness (QED) is 0.349. The molecule has 1 aliphatic carbocycles. The Bertz CT molecular complexity index is 1170. The average Bonchev–Trinajstić information content (AvgIpc) is 3.33. The number of H-pyrrole nitrogens is 1. The minimum absolute atomic E-state index is 0.319. The van der Waals surface area contributed by atoms with Gasteiger partial charge >= 0.3 is 6.09 Å². The summed E-state index contributed by atoms with van der Waals surface area (Å²) in [7, 11) is -2.03. The predicted octanol–water partition coefficient (Wildman–Crippen LogP) is 5.75. The molecule has 0 unspecified atom stereocenters. The van der Waals surface area contributed by atoms with Crippen molar-refractivity contribution >= 4 is 31.1 Å². The third-order valence-corrected chi connectivity index (χ3v) is 13.5. The van der Waals surface area contributed by atoms with Gasteiger partial charge in [0.1, 0.15) is 19.3 Å². The summed E-state index contributed by atoms with van der Waals surface area (Å²) in [6, 6.07) is 1.95. The number of rotatable bonds is 6. The summed E-state index contributed by atoms with van der Waals surface area (Å²) in [4.78, 5) is 32.6. The van der Waals surface area contributed by atoms with Crippen molar-refractivity contribution < 1.29 is 14.3 Å². The van der Waals surface area contributed by atoms with E-state index in [0.29, 0.717) is 33.4 Å². The van der Waals surface area contributed by atoms with Crippen LogP contribution in [0.2, 0.25) is 16.6 Å². The average molecular weight is 497 g/mol. The number of fused-ring (bicyclic) bond motifs is 1. The summed E-state index contributed by atoms with van der Waals surface area (Å²) in [5.41, 5.74) is 12.1. The van der Waals surface area contributed by atoms with Crippen LogP contribution in [0.5, 0.6) is 0 Å². The van der Waals surface area contributed by atoms with Gasteiger partial charge in [-0.25, -0.2) is 9.78 Å². The fourth-order valence-corrected chi connectivity index (χ4v) is 10.6. The SMILES string of the molecule is CC(C)[Si](C#Cc1c(C(N)=O)cnc2[nH]c(C3(NC(=O)OC(C)(C)C)CC3)cc12)(C(C)C)C(C)C. The van der Waals surface area contributed by atoms with E-state index in [-0.39, 0.29) is 0 Å². The van der Waals surface area contributed by atoms with Gasteiger partial charge in [-0.1, -0.05) is 47.5 Å². The molecule has 2 amide bonds. The van der Waals surface area contributed by atoms with E-state index < -0.39 is 31.2 Å². The molecule has 0 aliphatic heterocycles. The van der Waals surface area contributed by atoms with Crippen molar-refractivity contribution in [3.05, 3.63) is 29.1 Å². The highest BCUT2D eigenvalue weighted by molar-refractivity contribution is 6.90. The number of ether oxygens (including phenoxy) is 1. The molecule has 0 spiro atoms. The first-order valence-electron chi connectivity index (χ1n) is 12.5. The fraction of sp³-hybridized carbons (Fsp3) is 0.593. The van der Waals surface area contributed by atoms with Crippen LogP contribution in [0.1, 0.15) is 96.8 Å². The van der Waals surface area contributed by atoms with Crippen molar-refractivity contribution in [1.29, 1.82) is 0 Å². The molecule has 7 nitrogen and oxygen atoms in total. The number of carbonyl (C=O) groups is 2. The Morgan fingerprint density at radius 1 is 1.14 bits per heavy atom. The van der Waals surface area contributed by atoms with E-state index in [1.807, 2.05) is 26.8 Å². The molecule has 2 aromatic rings. The molecule has 35 heavy (non-hydrogen) atoms. The molecule has 4 N–H and O–H groups in total. The van der Waals surface area contributed by atoms with Gasteiger partial charge in [0.05, 0.1) is 11.1 Å². The van der Waals surface area contributed by atoms with Crippen molar-refractivity contribution in [3.8, 4) is 11.5 Å². The molecule has 1 fully saturated rings. The third kappa shape index (κ3) is 5.25. The smallest absolute Gasteiger partial charge is 0.408 e. The number of primary amides is 1. The number of aromatic amines is 1. The van der Waals surface area contributed by atoms with Crippen LogP contribution in [0.3, 0.4) is 0 Å². The van der Waals surface area contributed by atoms with Crippen LogP contribution in [-0.2, 0) is 10.3 Å². The van der Waals surface area contributed by atoms with Gasteiger partial charge in [-0.2, -0.15) is 0 Å². The molecular weight excluding hydrogens is 456 g/mol. The minimum atomic E-state index is -2.03. The standard InChI is InChI=1S/C27H40N4O3Si/c1-16(2)35(17(3)4,18(5)6)13-10-19-20-14-22(30-24(20)29-15-21(19)23(28)32)27(11-12-27)31-25(33)34-26(7,8)9/h14-18H,11-12H2,1-9H3,(H2,28,32)(H,29,30)(H,31,33). The Morgan fingerprint density at radius 2 is 1.71 bits per heavy atom. The number of nitrogens with one attached hydrogen (secondary N) is 2. The van der Waals surface area contributed by atoms with E-state index in [4.69, 9.17) is 10.5 Å². The predicted molar refractivity (Wildman–Crippen MR) is 143 cm³/mol. The van der Waals surface area contributed by atoms with E-state index in [1.54, 1.807) is 0 Å². The number of hydrogen-bond acceptors (Lipinski definition) is 4. The van der Waals surface area contributed by atoms with Crippen LogP contribution in [-0.4, -0.2) is 35.6 Å². The topological polar surface area (TPSA) is 110 Å². The molecule has 0 bridgehead atoms. The largest absolute Gasteiger partial charge is 0.444 e. The first-order valence-corrected chi connectivity index (χ1v) is 14.7. The molecule has 1 saturated carbocycles. The van der Waals surface area contributed by atoms with Crippen LogP contribution in [0.25, 0.3) is 11.0 Å². The summed E-state index contributed by atoms with van der Waals surface area (Å²) < 4.78 is 5.47. The van der Waals surface area contributed by atoms with Gasteiger partial charge in [0, 0.05) is 22.8 Å². The Kier molecular flexibility index (Phi) is 7.16. The minimum Gasteiger partial charge on any atom is -0.444 e. The van der Waals surface area contributed by atoms with E-state index in [2.05, 4.69) is 68.3 Å².